The summed E-state index contributed by atoms with van der Waals surface area (Å²) in [4.78, 5) is 11.0. The van der Waals surface area contributed by atoms with Gasteiger partial charge >= 0.3 is 6.09 Å². The van der Waals surface area contributed by atoms with Crippen LogP contribution in [0.5, 0.6) is 0 Å². The highest BCUT2D eigenvalue weighted by Gasteiger charge is 2.16. The molecule has 0 aromatic carbocycles. The first-order valence-corrected chi connectivity index (χ1v) is 3.87. The molecule has 0 heterocycles. The van der Waals surface area contributed by atoms with E-state index in [0.29, 0.717) is 0 Å². The topological polar surface area (TPSA) is 47.6 Å². The molecule has 1 unspecified atom stereocenters. The summed E-state index contributed by atoms with van der Waals surface area (Å²) < 4.78 is 9.80. The number of nitrogens with one attached hydrogen (secondary N) is 1. The predicted molar refractivity (Wildman–Crippen MR) is 45.8 cm³/mol. The van der Waals surface area contributed by atoms with Crippen molar-refractivity contribution in [2.75, 3.05) is 7.11 Å². The Bertz CT molecular complexity index is 151. The standard InChI is InChI=1S/C8H17NO3/c1-6(11-5)9-7(10)12-8(2,3)4/h6H,1-5H3,(H,9,10). The van der Waals surface area contributed by atoms with E-state index in [2.05, 4.69) is 5.32 Å². The van der Waals surface area contributed by atoms with Crippen LogP contribution in [0.3, 0.4) is 0 Å². The molecule has 0 spiro atoms. The van der Waals surface area contributed by atoms with Crippen LogP contribution in [-0.4, -0.2) is 25.0 Å². The summed E-state index contributed by atoms with van der Waals surface area (Å²) in [7, 11) is 1.52. The minimum Gasteiger partial charge on any atom is -0.444 e. The van der Waals surface area contributed by atoms with Crippen LogP contribution in [0.15, 0.2) is 0 Å². The number of hydrogen-bond donors (Lipinski definition) is 1. The van der Waals surface area contributed by atoms with E-state index in [1.54, 1.807) is 6.92 Å². The molecule has 0 bridgehead atoms. The van der Waals surface area contributed by atoms with Gasteiger partial charge in [-0.15, -0.1) is 0 Å². The van der Waals surface area contributed by atoms with Crippen LogP contribution in [0.2, 0.25) is 0 Å². The van der Waals surface area contributed by atoms with E-state index in [4.69, 9.17) is 9.47 Å². The zero-order valence-electron chi connectivity index (χ0n) is 8.30. The van der Waals surface area contributed by atoms with Crippen LogP contribution in [0.25, 0.3) is 0 Å². The Morgan fingerprint density at radius 1 is 1.42 bits per heavy atom. The molecule has 0 aromatic heterocycles. The third kappa shape index (κ3) is 5.97. The van der Waals surface area contributed by atoms with Gasteiger partial charge in [0.05, 0.1) is 0 Å². The Hall–Kier alpha value is -0.770. The zero-order chi connectivity index (χ0) is 9.78. The second kappa shape index (κ2) is 4.30. The highest BCUT2D eigenvalue weighted by atomic mass is 16.6. The van der Waals surface area contributed by atoms with Crippen molar-refractivity contribution in [2.24, 2.45) is 0 Å². The van der Waals surface area contributed by atoms with Crippen molar-refractivity contribution in [3.63, 3.8) is 0 Å². The molecule has 0 aliphatic heterocycles. The molecule has 12 heavy (non-hydrogen) atoms. The molecule has 0 radical (unpaired) electrons. The zero-order valence-corrected chi connectivity index (χ0v) is 8.30. The van der Waals surface area contributed by atoms with Crippen molar-refractivity contribution in [3.05, 3.63) is 0 Å². The summed E-state index contributed by atoms with van der Waals surface area (Å²) in [6, 6.07) is 0. The number of ether oxygens (including phenoxy) is 2. The number of carbonyl (C=O) groups excluding carboxylic acids is 1. The number of alkyl carbamates (subject to hydrolysis) is 1. The van der Waals surface area contributed by atoms with Gasteiger partial charge in [-0.05, 0) is 27.7 Å². The van der Waals surface area contributed by atoms with Gasteiger partial charge in [0, 0.05) is 7.11 Å². The number of rotatable bonds is 2. The van der Waals surface area contributed by atoms with E-state index in [0.717, 1.165) is 0 Å². The summed E-state index contributed by atoms with van der Waals surface area (Å²) in [6.45, 7) is 7.15. The summed E-state index contributed by atoms with van der Waals surface area (Å²) in [5.41, 5.74) is -0.461. The van der Waals surface area contributed by atoms with E-state index in [-0.39, 0.29) is 6.23 Å². The van der Waals surface area contributed by atoms with E-state index < -0.39 is 11.7 Å². The lowest BCUT2D eigenvalue weighted by molar-refractivity contribution is 0.0287. The molecule has 0 aromatic rings. The summed E-state index contributed by atoms with van der Waals surface area (Å²) >= 11 is 0. The van der Waals surface area contributed by atoms with Gasteiger partial charge in [-0.25, -0.2) is 4.79 Å². The van der Waals surface area contributed by atoms with Crippen molar-refractivity contribution in [1.82, 2.24) is 5.32 Å². The van der Waals surface area contributed by atoms with Gasteiger partial charge < -0.3 is 9.47 Å². The van der Waals surface area contributed by atoms with E-state index in [1.165, 1.54) is 7.11 Å². The Labute approximate surface area is 73.2 Å². The van der Waals surface area contributed by atoms with Gasteiger partial charge in [-0.1, -0.05) is 0 Å². The quantitative estimate of drug-likeness (QED) is 0.647. The molecule has 72 valence electrons. The molecule has 1 amide bonds. The molecule has 4 nitrogen and oxygen atoms in total. The minimum atomic E-state index is -0.461. The van der Waals surface area contributed by atoms with E-state index >= 15 is 0 Å². The van der Waals surface area contributed by atoms with Gasteiger partial charge in [-0.2, -0.15) is 0 Å². The molecule has 0 aliphatic carbocycles. The third-order valence-electron chi connectivity index (χ3n) is 1.07. The average Bonchev–Trinajstić information content (AvgIpc) is 1.82. The molecular formula is C8H17NO3. The van der Waals surface area contributed by atoms with Gasteiger partial charge in [-0.3, -0.25) is 5.32 Å². The fourth-order valence-corrected chi connectivity index (χ4v) is 0.532. The highest BCUT2D eigenvalue weighted by molar-refractivity contribution is 5.67. The van der Waals surface area contributed by atoms with E-state index in [9.17, 15) is 4.79 Å². The Balaban J connectivity index is 3.75. The second-order valence-electron chi connectivity index (χ2n) is 3.52. The van der Waals surface area contributed by atoms with Crippen molar-refractivity contribution in [1.29, 1.82) is 0 Å². The Kier molecular flexibility index (Phi) is 4.03. The molecule has 0 rings (SSSR count). The first-order chi connectivity index (χ1) is 5.35. The van der Waals surface area contributed by atoms with Crippen molar-refractivity contribution in [3.8, 4) is 0 Å². The SMILES string of the molecule is COC(C)NC(=O)OC(C)(C)C. The minimum absolute atomic E-state index is 0.320. The second-order valence-corrected chi connectivity index (χ2v) is 3.52. The average molecular weight is 175 g/mol. The number of methoxy groups -OCH3 is 1. The third-order valence-corrected chi connectivity index (χ3v) is 1.07. The van der Waals surface area contributed by atoms with Crippen LogP contribution in [-0.2, 0) is 9.47 Å². The van der Waals surface area contributed by atoms with Crippen LogP contribution in [0.4, 0.5) is 4.79 Å². The monoisotopic (exact) mass is 175 g/mol. The Morgan fingerprint density at radius 2 is 1.92 bits per heavy atom. The first kappa shape index (κ1) is 11.2. The van der Waals surface area contributed by atoms with Crippen LogP contribution in [0.1, 0.15) is 27.7 Å². The van der Waals surface area contributed by atoms with Crippen molar-refractivity contribution in [2.45, 2.75) is 39.5 Å². The Morgan fingerprint density at radius 3 is 2.25 bits per heavy atom. The maximum atomic E-state index is 11.0. The molecule has 0 aliphatic rings. The molecule has 1 N–H and O–H groups in total. The lowest BCUT2D eigenvalue weighted by atomic mass is 10.2. The first-order valence-electron chi connectivity index (χ1n) is 3.87. The van der Waals surface area contributed by atoms with Crippen molar-refractivity contribution < 1.29 is 14.3 Å². The maximum absolute atomic E-state index is 11.0. The van der Waals surface area contributed by atoms with Crippen LogP contribution in [0, 0.1) is 0 Å². The normalized spacial score (nSPS) is 13.8. The molecule has 0 saturated carbocycles. The largest absolute Gasteiger partial charge is 0.444 e. The summed E-state index contributed by atoms with van der Waals surface area (Å²) in [5, 5.41) is 2.50. The van der Waals surface area contributed by atoms with Gasteiger partial charge in [0.1, 0.15) is 11.8 Å². The van der Waals surface area contributed by atoms with Crippen LogP contribution < -0.4 is 5.32 Å². The summed E-state index contributed by atoms with van der Waals surface area (Å²) in [6.07, 6.45) is -0.781. The van der Waals surface area contributed by atoms with Crippen LogP contribution >= 0.6 is 0 Å². The number of hydrogen-bond acceptors (Lipinski definition) is 3. The molecule has 1 atom stereocenters. The maximum Gasteiger partial charge on any atom is 0.409 e. The number of amides is 1. The fraction of sp³-hybridized carbons (Fsp3) is 0.875. The smallest absolute Gasteiger partial charge is 0.409 e. The summed E-state index contributed by atoms with van der Waals surface area (Å²) in [5.74, 6) is 0. The molecule has 4 heteroatoms. The van der Waals surface area contributed by atoms with Gasteiger partial charge in [0.25, 0.3) is 0 Å². The molecule has 0 saturated heterocycles. The lowest BCUT2D eigenvalue weighted by Gasteiger charge is -2.21. The van der Waals surface area contributed by atoms with Gasteiger partial charge in [0.15, 0.2) is 0 Å². The highest BCUT2D eigenvalue weighted by Crippen LogP contribution is 2.06. The van der Waals surface area contributed by atoms with Crippen molar-refractivity contribution >= 4 is 6.09 Å². The lowest BCUT2D eigenvalue weighted by Crippen LogP contribution is -2.38. The molecular weight excluding hydrogens is 158 g/mol. The van der Waals surface area contributed by atoms with E-state index in [1.807, 2.05) is 20.8 Å². The van der Waals surface area contributed by atoms with Gasteiger partial charge in [0.2, 0.25) is 0 Å². The fourth-order valence-electron chi connectivity index (χ4n) is 0.532. The predicted octanol–water partition coefficient (Wildman–Crippen LogP) is 1.50. The number of carbonyl (C=O) groups is 1. The molecule has 0 fully saturated rings.